The van der Waals surface area contributed by atoms with E-state index in [0.717, 1.165) is 41.4 Å². The molecule has 1 saturated heterocycles. The van der Waals surface area contributed by atoms with Gasteiger partial charge in [0.1, 0.15) is 0 Å². The fourth-order valence-corrected chi connectivity index (χ4v) is 4.47. The van der Waals surface area contributed by atoms with E-state index in [0.29, 0.717) is 11.5 Å². The fourth-order valence-electron chi connectivity index (χ4n) is 3.33. The minimum Gasteiger partial charge on any atom is -0.394 e. The molecule has 1 unspecified atom stereocenters. The van der Waals surface area contributed by atoms with Crippen molar-refractivity contribution in [2.24, 2.45) is 5.92 Å². The van der Waals surface area contributed by atoms with Crippen molar-refractivity contribution in [3.8, 4) is 5.69 Å². The lowest BCUT2D eigenvalue weighted by atomic mass is 9.94. The molecule has 1 aromatic heterocycles. The van der Waals surface area contributed by atoms with Crippen LogP contribution in [0.5, 0.6) is 0 Å². The minimum absolute atomic E-state index is 0.00901. The molecule has 3 rings (SSSR count). The van der Waals surface area contributed by atoms with Crippen LogP contribution in [0.3, 0.4) is 0 Å². The maximum Gasteiger partial charge on any atom is 0.251 e. The van der Waals surface area contributed by atoms with Crippen LogP contribution in [0.25, 0.3) is 5.69 Å². The number of aliphatic hydroxyl groups excluding tert-OH is 1. The Morgan fingerprint density at radius 3 is 2.56 bits per heavy atom. The molecule has 1 atom stereocenters. The Labute approximate surface area is 152 Å². The van der Waals surface area contributed by atoms with Crippen LogP contribution in [0.15, 0.2) is 30.3 Å². The number of hydrogen-bond donors (Lipinski definition) is 2. The average molecular weight is 359 g/mol. The summed E-state index contributed by atoms with van der Waals surface area (Å²) in [6.45, 7) is 3.96. The molecule has 2 aromatic rings. The van der Waals surface area contributed by atoms with E-state index in [4.69, 9.17) is 0 Å². The van der Waals surface area contributed by atoms with Crippen LogP contribution in [-0.4, -0.2) is 44.9 Å². The normalized spacial score (nSPS) is 16.6. The highest BCUT2D eigenvalue weighted by molar-refractivity contribution is 7.99. The zero-order valence-corrected chi connectivity index (χ0v) is 15.6. The molecule has 0 bridgehead atoms. The molecule has 2 N–H and O–H groups in total. The van der Waals surface area contributed by atoms with Gasteiger partial charge in [-0.1, -0.05) is 0 Å². The number of thioether (sulfide) groups is 1. The lowest BCUT2D eigenvalue weighted by Crippen LogP contribution is -2.44. The van der Waals surface area contributed by atoms with E-state index < -0.39 is 0 Å². The first-order valence-electron chi connectivity index (χ1n) is 8.71. The second-order valence-electron chi connectivity index (χ2n) is 6.60. The molecule has 0 radical (unpaired) electrons. The van der Waals surface area contributed by atoms with Gasteiger partial charge in [-0.2, -0.15) is 16.9 Å². The Morgan fingerprint density at radius 1 is 1.32 bits per heavy atom. The second-order valence-corrected chi connectivity index (χ2v) is 7.82. The topological polar surface area (TPSA) is 67.2 Å². The predicted octanol–water partition coefficient (Wildman–Crippen LogP) is 2.72. The van der Waals surface area contributed by atoms with Gasteiger partial charge in [-0.3, -0.25) is 4.79 Å². The van der Waals surface area contributed by atoms with Gasteiger partial charge in [-0.05, 0) is 74.4 Å². The Morgan fingerprint density at radius 2 is 2.00 bits per heavy atom. The standard InChI is InChI=1S/C19H25N3O2S/c1-13-11-14(2)22(21-13)17-5-3-16(4-6-17)19(24)20-18(12-23)15-7-9-25-10-8-15/h3-6,11,15,18,23H,7-10,12H2,1-2H3,(H,20,24). The number of aryl methyl sites for hydroxylation is 2. The van der Waals surface area contributed by atoms with Gasteiger partial charge in [-0.25, -0.2) is 4.68 Å². The van der Waals surface area contributed by atoms with Crippen molar-refractivity contribution in [2.45, 2.75) is 32.7 Å². The molecule has 1 aliphatic heterocycles. The van der Waals surface area contributed by atoms with Crippen LogP contribution in [0.2, 0.25) is 0 Å². The molecule has 1 fully saturated rings. The Hall–Kier alpha value is -1.79. The lowest BCUT2D eigenvalue weighted by molar-refractivity contribution is 0.0884. The van der Waals surface area contributed by atoms with Crippen molar-refractivity contribution in [2.75, 3.05) is 18.1 Å². The molecule has 25 heavy (non-hydrogen) atoms. The van der Waals surface area contributed by atoms with E-state index in [2.05, 4.69) is 10.4 Å². The van der Waals surface area contributed by atoms with E-state index in [9.17, 15) is 9.90 Å². The molecule has 1 aliphatic rings. The van der Waals surface area contributed by atoms with Crippen molar-refractivity contribution < 1.29 is 9.90 Å². The Kier molecular flexibility index (Phi) is 5.81. The zero-order chi connectivity index (χ0) is 17.8. The molecule has 5 nitrogen and oxygen atoms in total. The maximum absolute atomic E-state index is 12.5. The number of benzene rings is 1. The number of rotatable bonds is 5. The van der Waals surface area contributed by atoms with Gasteiger partial charge in [0.2, 0.25) is 0 Å². The summed E-state index contributed by atoms with van der Waals surface area (Å²) in [4.78, 5) is 12.5. The molecule has 2 heterocycles. The highest BCUT2D eigenvalue weighted by Gasteiger charge is 2.25. The van der Waals surface area contributed by atoms with Crippen LogP contribution in [-0.2, 0) is 0 Å². The molecule has 1 amide bonds. The summed E-state index contributed by atoms with van der Waals surface area (Å²) in [7, 11) is 0. The Balaban J connectivity index is 1.68. The van der Waals surface area contributed by atoms with Gasteiger partial charge in [0.25, 0.3) is 5.91 Å². The first-order chi connectivity index (χ1) is 12.1. The number of aromatic nitrogens is 2. The first-order valence-corrected chi connectivity index (χ1v) is 9.87. The van der Waals surface area contributed by atoms with Crippen LogP contribution >= 0.6 is 11.8 Å². The van der Waals surface area contributed by atoms with Gasteiger partial charge in [0.15, 0.2) is 0 Å². The summed E-state index contributed by atoms with van der Waals surface area (Å²) in [5.74, 6) is 2.45. The van der Waals surface area contributed by atoms with E-state index in [1.54, 1.807) is 0 Å². The quantitative estimate of drug-likeness (QED) is 0.861. The molecule has 0 aliphatic carbocycles. The summed E-state index contributed by atoms with van der Waals surface area (Å²) < 4.78 is 1.87. The van der Waals surface area contributed by atoms with E-state index >= 15 is 0 Å². The van der Waals surface area contributed by atoms with Crippen molar-refractivity contribution in [3.63, 3.8) is 0 Å². The summed E-state index contributed by atoms with van der Waals surface area (Å²) in [6, 6.07) is 9.29. The van der Waals surface area contributed by atoms with E-state index in [-0.39, 0.29) is 18.6 Å². The monoisotopic (exact) mass is 359 g/mol. The number of amides is 1. The van der Waals surface area contributed by atoms with Crippen LogP contribution in [0.4, 0.5) is 0 Å². The number of aliphatic hydroxyl groups is 1. The van der Waals surface area contributed by atoms with Gasteiger partial charge >= 0.3 is 0 Å². The molecular weight excluding hydrogens is 334 g/mol. The van der Waals surface area contributed by atoms with Crippen molar-refractivity contribution >= 4 is 17.7 Å². The molecule has 0 saturated carbocycles. The van der Waals surface area contributed by atoms with Crippen LogP contribution in [0.1, 0.15) is 34.6 Å². The van der Waals surface area contributed by atoms with Crippen LogP contribution in [0, 0.1) is 19.8 Å². The van der Waals surface area contributed by atoms with Crippen molar-refractivity contribution in [1.82, 2.24) is 15.1 Å². The smallest absolute Gasteiger partial charge is 0.251 e. The Bertz CT molecular complexity index is 721. The zero-order valence-electron chi connectivity index (χ0n) is 14.7. The second kappa shape index (κ2) is 8.06. The number of hydrogen-bond acceptors (Lipinski definition) is 4. The van der Waals surface area contributed by atoms with Gasteiger partial charge in [0, 0.05) is 11.3 Å². The highest BCUT2D eigenvalue weighted by Crippen LogP contribution is 2.25. The highest BCUT2D eigenvalue weighted by atomic mass is 32.2. The molecule has 134 valence electrons. The summed E-state index contributed by atoms with van der Waals surface area (Å²) >= 11 is 1.94. The minimum atomic E-state index is -0.163. The largest absolute Gasteiger partial charge is 0.394 e. The third-order valence-electron chi connectivity index (χ3n) is 4.73. The predicted molar refractivity (Wildman–Crippen MR) is 101 cm³/mol. The van der Waals surface area contributed by atoms with E-state index in [1.165, 1.54) is 0 Å². The average Bonchev–Trinajstić information content (AvgIpc) is 2.98. The molecule has 1 aromatic carbocycles. The summed E-state index contributed by atoms with van der Waals surface area (Å²) in [5.41, 5.74) is 3.57. The number of carbonyl (C=O) groups is 1. The number of nitrogens with one attached hydrogen (secondary N) is 1. The SMILES string of the molecule is Cc1cc(C)n(-c2ccc(C(=O)NC(CO)C3CCSCC3)cc2)n1. The first kappa shape index (κ1) is 18.0. The fraction of sp³-hybridized carbons (Fsp3) is 0.474. The van der Waals surface area contributed by atoms with Gasteiger partial charge in [-0.15, -0.1) is 0 Å². The van der Waals surface area contributed by atoms with Crippen LogP contribution < -0.4 is 5.32 Å². The number of nitrogens with zero attached hydrogens (tertiary/aromatic N) is 2. The van der Waals surface area contributed by atoms with E-state index in [1.807, 2.05) is 60.6 Å². The molecule has 6 heteroatoms. The lowest BCUT2D eigenvalue weighted by Gasteiger charge is -2.29. The molecular formula is C19H25N3O2S. The summed E-state index contributed by atoms with van der Waals surface area (Å²) in [5, 5.41) is 17.1. The van der Waals surface area contributed by atoms with Crippen molar-refractivity contribution in [3.05, 3.63) is 47.3 Å². The van der Waals surface area contributed by atoms with Crippen molar-refractivity contribution in [1.29, 1.82) is 0 Å². The third kappa shape index (κ3) is 4.25. The maximum atomic E-state index is 12.5. The third-order valence-corrected chi connectivity index (χ3v) is 5.78. The van der Waals surface area contributed by atoms with Gasteiger partial charge < -0.3 is 10.4 Å². The molecule has 0 spiro atoms. The summed E-state index contributed by atoms with van der Waals surface area (Å²) in [6.07, 6.45) is 2.10. The number of carbonyl (C=O) groups excluding carboxylic acids is 1. The van der Waals surface area contributed by atoms with Gasteiger partial charge in [0.05, 0.1) is 24.0 Å².